The first-order valence-electron chi connectivity index (χ1n) is 3.21. The highest BCUT2D eigenvalue weighted by Crippen LogP contribution is 2.15. The molecule has 1 fully saturated rings. The fourth-order valence-corrected chi connectivity index (χ4v) is 0.910. The van der Waals surface area contributed by atoms with E-state index in [0.717, 1.165) is 12.0 Å². The van der Waals surface area contributed by atoms with Gasteiger partial charge in [0.2, 0.25) is 0 Å². The Morgan fingerprint density at radius 2 is 2.40 bits per heavy atom. The third-order valence-corrected chi connectivity index (χ3v) is 1.68. The van der Waals surface area contributed by atoms with Gasteiger partial charge >= 0.3 is 5.97 Å². The third-order valence-electron chi connectivity index (χ3n) is 1.68. The molecule has 1 aliphatic heterocycles. The van der Waals surface area contributed by atoms with Gasteiger partial charge in [-0.25, -0.2) is 4.79 Å². The Morgan fingerprint density at radius 1 is 1.70 bits per heavy atom. The summed E-state index contributed by atoms with van der Waals surface area (Å²) >= 11 is 0. The molecule has 1 heterocycles. The van der Waals surface area contributed by atoms with Crippen LogP contribution in [0.5, 0.6) is 0 Å². The number of carbonyl (C=O) groups is 1. The molecule has 56 valence electrons. The summed E-state index contributed by atoms with van der Waals surface area (Å²) < 4.78 is 5.01. The van der Waals surface area contributed by atoms with Crippen molar-refractivity contribution in [3.05, 3.63) is 11.1 Å². The number of rotatable bonds is 1. The largest absolute Gasteiger partial charge is 0.478 e. The van der Waals surface area contributed by atoms with E-state index in [1.165, 1.54) is 0 Å². The van der Waals surface area contributed by atoms with Crippen LogP contribution in [0.4, 0.5) is 0 Å². The predicted octanol–water partition coefficient (Wildman–Crippen LogP) is 0.808. The topological polar surface area (TPSA) is 46.5 Å². The number of aliphatic carboxylic acids is 1. The van der Waals surface area contributed by atoms with Crippen LogP contribution in [-0.4, -0.2) is 24.3 Å². The maximum atomic E-state index is 10.4. The Labute approximate surface area is 59.3 Å². The van der Waals surface area contributed by atoms with Crippen LogP contribution in [0.1, 0.15) is 13.3 Å². The molecule has 1 rings (SSSR count). The van der Waals surface area contributed by atoms with Crippen LogP contribution < -0.4 is 0 Å². The second-order valence-corrected chi connectivity index (χ2v) is 2.34. The van der Waals surface area contributed by atoms with Crippen molar-refractivity contribution in [1.82, 2.24) is 0 Å². The van der Waals surface area contributed by atoms with Crippen LogP contribution >= 0.6 is 0 Å². The Morgan fingerprint density at radius 3 is 2.80 bits per heavy atom. The molecule has 0 aromatic carbocycles. The molecule has 10 heavy (non-hydrogen) atoms. The van der Waals surface area contributed by atoms with Gasteiger partial charge in [-0.2, -0.15) is 0 Å². The molecule has 0 spiro atoms. The molecule has 0 bridgehead atoms. The summed E-state index contributed by atoms with van der Waals surface area (Å²) in [5, 5.41) is 8.53. The standard InChI is InChI=1S/C7H10O3/c1-5(7(8)9)6-2-3-10-4-6/h2-4H2,1H3,(H,8,9). The average Bonchev–Trinajstić information content (AvgIpc) is 2.36. The molecule has 0 aliphatic carbocycles. The van der Waals surface area contributed by atoms with Crippen molar-refractivity contribution in [2.75, 3.05) is 13.2 Å². The maximum Gasteiger partial charge on any atom is 0.331 e. The smallest absolute Gasteiger partial charge is 0.331 e. The van der Waals surface area contributed by atoms with Gasteiger partial charge in [0.25, 0.3) is 0 Å². The van der Waals surface area contributed by atoms with Crippen LogP contribution in [0.2, 0.25) is 0 Å². The molecule has 0 atom stereocenters. The lowest BCUT2D eigenvalue weighted by molar-refractivity contribution is -0.132. The van der Waals surface area contributed by atoms with Crippen molar-refractivity contribution in [3.63, 3.8) is 0 Å². The van der Waals surface area contributed by atoms with Gasteiger partial charge in [-0.3, -0.25) is 0 Å². The molecule has 0 aromatic rings. The molecule has 0 aromatic heterocycles. The highest BCUT2D eigenvalue weighted by Gasteiger charge is 2.13. The van der Waals surface area contributed by atoms with E-state index in [2.05, 4.69) is 0 Å². The van der Waals surface area contributed by atoms with Crippen molar-refractivity contribution in [1.29, 1.82) is 0 Å². The van der Waals surface area contributed by atoms with Gasteiger partial charge in [-0.1, -0.05) is 0 Å². The zero-order valence-electron chi connectivity index (χ0n) is 5.89. The first-order valence-corrected chi connectivity index (χ1v) is 3.21. The highest BCUT2D eigenvalue weighted by atomic mass is 16.5. The van der Waals surface area contributed by atoms with E-state index in [9.17, 15) is 4.79 Å². The Hall–Kier alpha value is -0.830. The molecule has 0 saturated carbocycles. The quantitative estimate of drug-likeness (QED) is 0.551. The first kappa shape index (κ1) is 7.28. The van der Waals surface area contributed by atoms with Crippen molar-refractivity contribution in [3.8, 4) is 0 Å². The van der Waals surface area contributed by atoms with Gasteiger partial charge in [0.15, 0.2) is 0 Å². The minimum Gasteiger partial charge on any atom is -0.478 e. The van der Waals surface area contributed by atoms with Gasteiger partial charge in [0.1, 0.15) is 0 Å². The van der Waals surface area contributed by atoms with E-state index in [0.29, 0.717) is 18.8 Å². The lowest BCUT2D eigenvalue weighted by Gasteiger charge is -1.96. The summed E-state index contributed by atoms with van der Waals surface area (Å²) in [4.78, 5) is 10.4. The molecule has 3 heteroatoms. The first-order chi connectivity index (χ1) is 4.72. The second kappa shape index (κ2) is 2.84. The van der Waals surface area contributed by atoms with E-state index >= 15 is 0 Å². The summed E-state index contributed by atoms with van der Waals surface area (Å²) in [7, 11) is 0. The molecule has 0 amide bonds. The normalized spacial score (nSPS) is 22.9. The minimum atomic E-state index is -0.833. The van der Waals surface area contributed by atoms with E-state index < -0.39 is 5.97 Å². The molecule has 1 aliphatic rings. The van der Waals surface area contributed by atoms with Crippen molar-refractivity contribution >= 4 is 5.97 Å². The summed E-state index contributed by atoms with van der Waals surface area (Å²) in [5.74, 6) is -0.833. The summed E-state index contributed by atoms with van der Waals surface area (Å²) in [6, 6.07) is 0. The zero-order chi connectivity index (χ0) is 7.56. The molecular weight excluding hydrogens is 132 g/mol. The molecular formula is C7H10O3. The SMILES string of the molecule is CC(C(=O)O)=C1CCOC1. The molecule has 0 unspecified atom stereocenters. The molecule has 1 N–H and O–H groups in total. The lowest BCUT2D eigenvalue weighted by Crippen LogP contribution is -2.00. The van der Waals surface area contributed by atoms with Crippen LogP contribution in [0, 0.1) is 0 Å². The Kier molecular flexibility index (Phi) is 2.06. The van der Waals surface area contributed by atoms with Crippen molar-refractivity contribution in [2.45, 2.75) is 13.3 Å². The number of hydrogen-bond donors (Lipinski definition) is 1. The average molecular weight is 142 g/mol. The number of ether oxygens (including phenoxy) is 1. The van der Waals surface area contributed by atoms with Crippen LogP contribution in [0.3, 0.4) is 0 Å². The summed E-state index contributed by atoms with van der Waals surface area (Å²) in [5.41, 5.74) is 1.37. The third kappa shape index (κ3) is 1.36. The Balaban J connectivity index is 2.73. The summed E-state index contributed by atoms with van der Waals surface area (Å²) in [6.07, 6.45) is 0.776. The number of carboxylic acid groups (broad SMARTS) is 1. The number of hydrogen-bond acceptors (Lipinski definition) is 2. The van der Waals surface area contributed by atoms with Crippen LogP contribution in [0.15, 0.2) is 11.1 Å². The molecule has 0 radical (unpaired) electrons. The van der Waals surface area contributed by atoms with E-state index in [1.54, 1.807) is 6.92 Å². The highest BCUT2D eigenvalue weighted by molar-refractivity contribution is 5.86. The van der Waals surface area contributed by atoms with Crippen LogP contribution in [0.25, 0.3) is 0 Å². The van der Waals surface area contributed by atoms with Gasteiger partial charge in [-0.05, 0) is 18.9 Å². The Bertz CT molecular complexity index is 173. The maximum absolute atomic E-state index is 10.4. The van der Waals surface area contributed by atoms with Gasteiger partial charge in [0.05, 0.1) is 13.2 Å². The van der Waals surface area contributed by atoms with E-state index in [4.69, 9.17) is 9.84 Å². The van der Waals surface area contributed by atoms with Crippen LogP contribution in [-0.2, 0) is 9.53 Å². The van der Waals surface area contributed by atoms with Gasteiger partial charge < -0.3 is 9.84 Å². The van der Waals surface area contributed by atoms with Gasteiger partial charge in [0, 0.05) is 5.57 Å². The van der Waals surface area contributed by atoms with Crippen molar-refractivity contribution in [2.24, 2.45) is 0 Å². The fourth-order valence-electron chi connectivity index (χ4n) is 0.910. The monoisotopic (exact) mass is 142 g/mol. The fraction of sp³-hybridized carbons (Fsp3) is 0.571. The van der Waals surface area contributed by atoms with E-state index in [-0.39, 0.29) is 0 Å². The van der Waals surface area contributed by atoms with E-state index in [1.807, 2.05) is 0 Å². The zero-order valence-corrected chi connectivity index (χ0v) is 5.89. The molecule has 3 nitrogen and oxygen atoms in total. The number of carboxylic acids is 1. The summed E-state index contributed by atoms with van der Waals surface area (Å²) in [6.45, 7) is 2.78. The predicted molar refractivity (Wildman–Crippen MR) is 35.8 cm³/mol. The van der Waals surface area contributed by atoms with Crippen molar-refractivity contribution < 1.29 is 14.6 Å². The minimum absolute atomic E-state index is 0.442. The second-order valence-electron chi connectivity index (χ2n) is 2.34. The lowest BCUT2D eigenvalue weighted by atomic mass is 10.1. The van der Waals surface area contributed by atoms with Gasteiger partial charge in [-0.15, -0.1) is 0 Å². The molecule has 1 saturated heterocycles.